The smallest absolute Gasteiger partial charge is 0.137 e. The van der Waals surface area contributed by atoms with Gasteiger partial charge in [-0.1, -0.05) is 24.0 Å². The Morgan fingerprint density at radius 2 is 2.14 bits per heavy atom. The van der Waals surface area contributed by atoms with Crippen LogP contribution in [0.3, 0.4) is 0 Å². The highest BCUT2D eigenvalue weighted by molar-refractivity contribution is 7.11. The molecule has 1 fully saturated rings. The molecule has 9 heteroatoms. The van der Waals surface area contributed by atoms with Gasteiger partial charge in [-0.25, -0.2) is 9.67 Å². The van der Waals surface area contributed by atoms with Gasteiger partial charge in [0.1, 0.15) is 19.3 Å². The van der Waals surface area contributed by atoms with E-state index in [-0.39, 0.29) is 0 Å². The molecular formula is C26H26N6O2S. The van der Waals surface area contributed by atoms with Crippen molar-refractivity contribution in [3.8, 4) is 34.4 Å². The molecule has 4 aromatic rings. The van der Waals surface area contributed by atoms with E-state index in [1.807, 2.05) is 4.68 Å². The first-order valence-corrected chi connectivity index (χ1v) is 12.7. The van der Waals surface area contributed by atoms with E-state index in [0.717, 1.165) is 61.1 Å². The molecule has 4 heterocycles. The molecule has 0 radical (unpaired) electrons. The van der Waals surface area contributed by atoms with Gasteiger partial charge in [0.15, 0.2) is 0 Å². The Bertz CT molecular complexity index is 1360. The number of rotatable bonds is 7. The molecule has 1 saturated heterocycles. The van der Waals surface area contributed by atoms with Crippen LogP contribution in [-0.4, -0.2) is 75.9 Å². The molecule has 178 valence electrons. The number of fused-ring (bicyclic) bond motifs is 3. The molecular weight excluding hydrogens is 460 g/mol. The average molecular weight is 487 g/mol. The van der Waals surface area contributed by atoms with Gasteiger partial charge >= 0.3 is 0 Å². The van der Waals surface area contributed by atoms with E-state index in [1.54, 1.807) is 24.0 Å². The number of thiophene rings is 1. The van der Waals surface area contributed by atoms with Crippen molar-refractivity contribution >= 4 is 11.3 Å². The lowest BCUT2D eigenvalue weighted by molar-refractivity contribution is 0.0238. The van der Waals surface area contributed by atoms with Crippen LogP contribution in [-0.2, 0) is 22.4 Å². The van der Waals surface area contributed by atoms with Crippen molar-refractivity contribution in [2.45, 2.75) is 13.0 Å². The first-order valence-electron chi connectivity index (χ1n) is 11.8. The molecule has 0 spiro atoms. The fraction of sp³-hybridized carbons (Fsp3) is 0.346. The fourth-order valence-electron chi connectivity index (χ4n) is 4.59. The van der Waals surface area contributed by atoms with Gasteiger partial charge < -0.3 is 9.47 Å². The van der Waals surface area contributed by atoms with Crippen LogP contribution in [0.1, 0.15) is 21.6 Å². The molecule has 0 bridgehead atoms. The monoisotopic (exact) mass is 486 g/mol. The highest BCUT2D eigenvalue weighted by Crippen LogP contribution is 2.41. The van der Waals surface area contributed by atoms with Crippen molar-refractivity contribution in [1.29, 1.82) is 0 Å². The molecule has 0 atom stereocenters. The first kappa shape index (κ1) is 22.2. The van der Waals surface area contributed by atoms with Crippen LogP contribution < -0.4 is 0 Å². The third kappa shape index (κ3) is 4.92. The molecule has 1 N–H and O–H groups in total. The minimum atomic E-state index is 0.446. The molecule has 0 amide bonds. The average Bonchev–Trinajstić information content (AvgIpc) is 3.67. The quantitative estimate of drug-likeness (QED) is 0.281. The van der Waals surface area contributed by atoms with Gasteiger partial charge in [-0.15, -0.1) is 11.3 Å². The molecule has 1 aliphatic heterocycles. The Balaban J connectivity index is 1.09. The Kier molecular flexibility index (Phi) is 6.43. The van der Waals surface area contributed by atoms with Crippen molar-refractivity contribution < 1.29 is 9.47 Å². The van der Waals surface area contributed by atoms with Gasteiger partial charge in [-0.2, -0.15) is 10.2 Å². The molecule has 1 aliphatic carbocycles. The second-order valence-electron chi connectivity index (χ2n) is 8.70. The minimum absolute atomic E-state index is 0.446. The maximum Gasteiger partial charge on any atom is 0.137 e. The third-order valence-electron chi connectivity index (χ3n) is 6.40. The second-order valence-corrected chi connectivity index (χ2v) is 9.61. The van der Waals surface area contributed by atoms with Gasteiger partial charge in [0, 0.05) is 48.1 Å². The van der Waals surface area contributed by atoms with Crippen LogP contribution in [0.2, 0.25) is 0 Å². The normalized spacial score (nSPS) is 15.0. The van der Waals surface area contributed by atoms with Crippen molar-refractivity contribution in [2.75, 3.05) is 46.1 Å². The van der Waals surface area contributed by atoms with Crippen LogP contribution in [0.4, 0.5) is 0 Å². The molecule has 35 heavy (non-hydrogen) atoms. The maximum absolute atomic E-state index is 5.70. The van der Waals surface area contributed by atoms with E-state index < -0.39 is 0 Å². The summed E-state index contributed by atoms with van der Waals surface area (Å²) in [6, 6.07) is 8.74. The number of H-pyrrole nitrogens is 1. The summed E-state index contributed by atoms with van der Waals surface area (Å²) < 4.78 is 12.9. The lowest BCUT2D eigenvalue weighted by Gasteiger charge is -2.26. The minimum Gasteiger partial charge on any atom is -0.379 e. The molecule has 2 aliphatic rings. The molecule has 1 aromatic carbocycles. The van der Waals surface area contributed by atoms with Crippen LogP contribution in [0.25, 0.3) is 22.5 Å². The predicted octanol–water partition coefficient (Wildman–Crippen LogP) is 3.05. The van der Waals surface area contributed by atoms with Crippen molar-refractivity contribution in [3.63, 3.8) is 0 Å². The molecule has 0 unspecified atom stereocenters. The van der Waals surface area contributed by atoms with E-state index in [0.29, 0.717) is 19.8 Å². The van der Waals surface area contributed by atoms with Crippen molar-refractivity contribution in [2.24, 2.45) is 0 Å². The van der Waals surface area contributed by atoms with Gasteiger partial charge in [0.2, 0.25) is 0 Å². The van der Waals surface area contributed by atoms with Crippen LogP contribution in [0.15, 0.2) is 42.3 Å². The number of ether oxygens (including phenoxy) is 2. The molecule has 3 aromatic heterocycles. The summed E-state index contributed by atoms with van der Waals surface area (Å²) >= 11 is 1.65. The zero-order chi connectivity index (χ0) is 23.5. The summed E-state index contributed by atoms with van der Waals surface area (Å²) in [6.45, 7) is 6.38. The number of benzene rings is 1. The highest BCUT2D eigenvalue weighted by atomic mass is 32.1. The summed E-state index contributed by atoms with van der Waals surface area (Å²) in [5, 5.41) is 14.3. The topological polar surface area (TPSA) is 81.1 Å². The summed E-state index contributed by atoms with van der Waals surface area (Å²) in [7, 11) is 0. The number of nitrogens with zero attached hydrogens (tertiary/aromatic N) is 5. The summed E-state index contributed by atoms with van der Waals surface area (Å²) in [5.41, 5.74) is 8.23. The van der Waals surface area contributed by atoms with E-state index in [1.165, 1.54) is 22.3 Å². The zero-order valence-electron chi connectivity index (χ0n) is 19.4. The number of hydrogen-bond donors (Lipinski definition) is 1. The largest absolute Gasteiger partial charge is 0.379 e. The number of morpholine rings is 1. The van der Waals surface area contributed by atoms with Crippen LogP contribution >= 0.6 is 11.3 Å². The lowest BCUT2D eigenvalue weighted by atomic mass is 10.1. The molecule has 6 rings (SSSR count). The van der Waals surface area contributed by atoms with Gasteiger partial charge in [0.25, 0.3) is 0 Å². The van der Waals surface area contributed by atoms with Crippen molar-refractivity contribution in [3.05, 3.63) is 63.9 Å². The fourth-order valence-corrected chi connectivity index (χ4v) is 5.35. The van der Waals surface area contributed by atoms with Crippen LogP contribution in [0, 0.1) is 11.8 Å². The Labute approximate surface area is 207 Å². The van der Waals surface area contributed by atoms with Gasteiger partial charge in [-0.3, -0.25) is 10.00 Å². The zero-order valence-corrected chi connectivity index (χ0v) is 20.2. The maximum atomic E-state index is 5.70. The summed E-state index contributed by atoms with van der Waals surface area (Å²) in [6.07, 6.45) is 4.18. The Hall–Kier alpha value is -3.29. The van der Waals surface area contributed by atoms with Crippen molar-refractivity contribution in [1.82, 2.24) is 29.9 Å². The molecule has 0 saturated carbocycles. The number of aromatic nitrogens is 5. The third-order valence-corrected chi connectivity index (χ3v) is 7.25. The van der Waals surface area contributed by atoms with Gasteiger partial charge in [0.05, 0.1) is 42.6 Å². The second kappa shape index (κ2) is 10.1. The number of aromatic amines is 1. The summed E-state index contributed by atoms with van der Waals surface area (Å²) in [5.74, 6) is 6.38. The SMILES string of the molecule is C(#Cc1cc(-c2n[nH]c3c2Cc2ccc(Cn4cncn4)cc2-3)cs1)COCCN1CCOCC1. The standard InChI is InChI=1S/C26H26N6O2S/c1(8-33-9-5-31-6-10-34-11-7-31)2-22-13-21(16-35-22)25-24-14-20-4-3-19(15-32-18-27-17-28-32)12-23(20)26(24)30-29-25/h3-4,12-13,16-18H,5-11,14-15H2,(H,29,30). The highest BCUT2D eigenvalue weighted by Gasteiger charge is 2.25. The van der Waals surface area contributed by atoms with E-state index in [9.17, 15) is 0 Å². The Morgan fingerprint density at radius 1 is 1.20 bits per heavy atom. The van der Waals surface area contributed by atoms with E-state index >= 15 is 0 Å². The van der Waals surface area contributed by atoms with E-state index in [4.69, 9.17) is 9.47 Å². The Morgan fingerprint density at radius 3 is 3.03 bits per heavy atom. The number of hydrogen-bond acceptors (Lipinski definition) is 7. The molecule has 8 nitrogen and oxygen atoms in total. The first-order chi connectivity index (χ1) is 17.3. The van der Waals surface area contributed by atoms with Gasteiger partial charge in [-0.05, 0) is 23.3 Å². The summed E-state index contributed by atoms with van der Waals surface area (Å²) in [4.78, 5) is 7.42. The van der Waals surface area contributed by atoms with E-state index in [2.05, 4.69) is 66.7 Å². The predicted molar refractivity (Wildman–Crippen MR) is 134 cm³/mol. The lowest BCUT2D eigenvalue weighted by Crippen LogP contribution is -2.38. The number of nitrogens with one attached hydrogen (secondary N) is 1. The van der Waals surface area contributed by atoms with Crippen LogP contribution in [0.5, 0.6) is 0 Å².